The topological polar surface area (TPSA) is 83.5 Å². The number of hydrogen-bond acceptors (Lipinski definition) is 4. The van der Waals surface area contributed by atoms with E-state index in [1.165, 1.54) is 30.5 Å². The summed E-state index contributed by atoms with van der Waals surface area (Å²) in [6, 6.07) is 5.66. The Bertz CT molecular complexity index is 484. The third-order valence-electron chi connectivity index (χ3n) is 1.84. The Morgan fingerprint density at radius 3 is 2.56 bits per heavy atom. The summed E-state index contributed by atoms with van der Waals surface area (Å²) in [6.45, 7) is 0.0831. The lowest BCUT2D eigenvalue weighted by molar-refractivity contribution is 0.458. The Balaban J connectivity index is 2.79. The van der Waals surface area contributed by atoms with E-state index in [-0.39, 0.29) is 22.9 Å². The van der Waals surface area contributed by atoms with Crippen LogP contribution in [0.2, 0.25) is 0 Å². The average molecular weight is 263 g/mol. The molecule has 0 aliphatic heterocycles. The van der Waals surface area contributed by atoms with Crippen LogP contribution < -0.4 is 4.72 Å². The molecule has 0 aromatic heterocycles. The highest BCUT2D eigenvalue weighted by Gasteiger charge is 2.17. The van der Waals surface area contributed by atoms with Gasteiger partial charge in [0.25, 0.3) is 0 Å². The molecule has 0 saturated carbocycles. The van der Waals surface area contributed by atoms with Crippen molar-refractivity contribution in [2.75, 3.05) is 18.6 Å². The predicted octanol–water partition coefficient (Wildman–Crippen LogP) is 0.0490. The highest BCUT2D eigenvalue weighted by molar-refractivity contribution is 7.89. The molecule has 0 fully saturated rings. The molecule has 0 saturated heterocycles. The van der Waals surface area contributed by atoms with Gasteiger partial charge in [0, 0.05) is 29.4 Å². The average Bonchev–Trinajstić information content (AvgIpc) is 2.17. The van der Waals surface area contributed by atoms with Gasteiger partial charge in [-0.15, -0.1) is 0 Å². The number of phenols is 1. The van der Waals surface area contributed by atoms with Crippen molar-refractivity contribution in [3.63, 3.8) is 0 Å². The Morgan fingerprint density at radius 1 is 1.38 bits per heavy atom. The molecule has 0 heterocycles. The minimum atomic E-state index is -3.72. The molecule has 1 unspecified atom stereocenters. The van der Waals surface area contributed by atoms with Crippen LogP contribution in [0.25, 0.3) is 0 Å². The lowest BCUT2D eigenvalue weighted by atomic mass is 10.3. The van der Waals surface area contributed by atoms with Crippen molar-refractivity contribution in [2.45, 2.75) is 4.90 Å². The third-order valence-corrected chi connectivity index (χ3v) is 4.12. The van der Waals surface area contributed by atoms with Crippen LogP contribution in [0.4, 0.5) is 0 Å². The number of benzene rings is 1. The first-order valence-corrected chi connectivity index (χ1v) is 7.72. The van der Waals surface area contributed by atoms with Crippen LogP contribution in [-0.2, 0) is 20.8 Å². The van der Waals surface area contributed by atoms with Gasteiger partial charge >= 0.3 is 0 Å². The summed E-state index contributed by atoms with van der Waals surface area (Å²) in [7, 11) is -4.77. The highest BCUT2D eigenvalue weighted by Crippen LogP contribution is 2.20. The van der Waals surface area contributed by atoms with Crippen LogP contribution in [0, 0.1) is 0 Å². The molecule has 0 spiro atoms. The molecule has 7 heteroatoms. The molecule has 0 aliphatic carbocycles. The number of aromatic hydroxyl groups is 1. The lowest BCUT2D eigenvalue weighted by Crippen LogP contribution is -2.27. The molecule has 1 aromatic carbocycles. The van der Waals surface area contributed by atoms with Crippen molar-refractivity contribution in [2.24, 2.45) is 0 Å². The molecule has 1 aromatic rings. The van der Waals surface area contributed by atoms with E-state index in [4.69, 9.17) is 0 Å². The van der Waals surface area contributed by atoms with Gasteiger partial charge in [0.2, 0.25) is 10.0 Å². The molecule has 0 aliphatic rings. The second-order valence-corrected chi connectivity index (χ2v) is 6.43. The summed E-state index contributed by atoms with van der Waals surface area (Å²) in [5, 5.41) is 9.38. The van der Waals surface area contributed by atoms with E-state index in [1.54, 1.807) is 0 Å². The molecule has 2 N–H and O–H groups in total. The Hall–Kier alpha value is -0.920. The Labute approximate surface area is 97.0 Å². The fraction of sp³-hybridized carbons (Fsp3) is 0.333. The predicted molar refractivity (Wildman–Crippen MR) is 62.2 cm³/mol. The summed E-state index contributed by atoms with van der Waals surface area (Å²) < 4.78 is 36.4. The molecule has 16 heavy (non-hydrogen) atoms. The standard InChI is InChI=1S/C9H13NO4S2/c1-15(12)7-6-10-16(13,14)9-5-3-2-4-8(9)11/h2-5,10-11H,6-7H2,1H3. The van der Waals surface area contributed by atoms with Crippen LogP contribution in [-0.4, -0.2) is 36.3 Å². The van der Waals surface area contributed by atoms with Gasteiger partial charge in [-0.05, 0) is 12.1 Å². The fourth-order valence-corrected chi connectivity index (χ4v) is 2.73. The molecule has 0 bridgehead atoms. The van der Waals surface area contributed by atoms with E-state index in [0.717, 1.165) is 0 Å². The van der Waals surface area contributed by atoms with Crippen molar-refractivity contribution in [3.05, 3.63) is 24.3 Å². The van der Waals surface area contributed by atoms with Gasteiger partial charge in [0.1, 0.15) is 10.6 Å². The highest BCUT2D eigenvalue weighted by atomic mass is 32.2. The van der Waals surface area contributed by atoms with Gasteiger partial charge in [-0.1, -0.05) is 12.1 Å². The van der Waals surface area contributed by atoms with E-state index in [0.29, 0.717) is 0 Å². The minimum Gasteiger partial charge on any atom is -0.507 e. The molecule has 1 rings (SSSR count). The lowest BCUT2D eigenvalue weighted by Gasteiger charge is -2.07. The maximum Gasteiger partial charge on any atom is 0.244 e. The molecule has 5 nitrogen and oxygen atoms in total. The van der Waals surface area contributed by atoms with E-state index in [2.05, 4.69) is 4.72 Å². The number of rotatable bonds is 5. The molecule has 0 radical (unpaired) electrons. The second kappa shape index (κ2) is 5.42. The molecule has 1 atom stereocenters. The van der Waals surface area contributed by atoms with Crippen molar-refractivity contribution in [1.29, 1.82) is 0 Å². The number of nitrogens with one attached hydrogen (secondary N) is 1. The van der Waals surface area contributed by atoms with Crippen LogP contribution in [0.5, 0.6) is 5.75 Å². The van der Waals surface area contributed by atoms with Gasteiger partial charge in [0.05, 0.1) is 0 Å². The Morgan fingerprint density at radius 2 is 2.00 bits per heavy atom. The number of para-hydroxylation sites is 1. The first kappa shape index (κ1) is 13.1. The summed E-state index contributed by atoms with van der Waals surface area (Å²) in [5.41, 5.74) is 0. The van der Waals surface area contributed by atoms with E-state index in [9.17, 15) is 17.7 Å². The monoisotopic (exact) mass is 263 g/mol. The summed E-state index contributed by atoms with van der Waals surface area (Å²) in [4.78, 5) is -0.170. The largest absolute Gasteiger partial charge is 0.507 e. The molecular weight excluding hydrogens is 250 g/mol. The van der Waals surface area contributed by atoms with Gasteiger partial charge < -0.3 is 5.11 Å². The van der Waals surface area contributed by atoms with Gasteiger partial charge in [0.15, 0.2) is 0 Å². The van der Waals surface area contributed by atoms with Crippen LogP contribution in [0.1, 0.15) is 0 Å². The zero-order valence-electron chi connectivity index (χ0n) is 8.71. The van der Waals surface area contributed by atoms with E-state index >= 15 is 0 Å². The van der Waals surface area contributed by atoms with Crippen molar-refractivity contribution < 1.29 is 17.7 Å². The van der Waals surface area contributed by atoms with Crippen LogP contribution in [0.15, 0.2) is 29.2 Å². The molecule has 0 amide bonds. The maximum absolute atomic E-state index is 11.7. The summed E-state index contributed by atoms with van der Waals surface area (Å²) >= 11 is 0. The van der Waals surface area contributed by atoms with Crippen LogP contribution in [0.3, 0.4) is 0 Å². The second-order valence-electron chi connectivity index (χ2n) is 3.14. The first-order valence-electron chi connectivity index (χ1n) is 4.51. The third kappa shape index (κ3) is 3.58. The SMILES string of the molecule is CS(=O)CCNS(=O)(=O)c1ccccc1O. The maximum atomic E-state index is 11.7. The van der Waals surface area contributed by atoms with Gasteiger partial charge in [-0.3, -0.25) is 4.21 Å². The summed E-state index contributed by atoms with van der Waals surface area (Å²) in [6.07, 6.45) is 1.49. The van der Waals surface area contributed by atoms with E-state index < -0.39 is 20.8 Å². The fourth-order valence-electron chi connectivity index (χ4n) is 1.08. The van der Waals surface area contributed by atoms with Crippen LogP contribution >= 0.6 is 0 Å². The molecule has 90 valence electrons. The number of sulfonamides is 1. The molecular formula is C9H13NO4S2. The zero-order chi connectivity index (χ0) is 12.2. The quantitative estimate of drug-likeness (QED) is 0.786. The first-order chi connectivity index (χ1) is 7.43. The van der Waals surface area contributed by atoms with Gasteiger partial charge in [-0.25, -0.2) is 13.1 Å². The van der Waals surface area contributed by atoms with Crippen molar-refractivity contribution in [1.82, 2.24) is 4.72 Å². The van der Waals surface area contributed by atoms with Crippen molar-refractivity contribution >= 4 is 20.8 Å². The van der Waals surface area contributed by atoms with E-state index in [1.807, 2.05) is 0 Å². The number of phenolic OH excluding ortho intramolecular Hbond substituents is 1. The normalized spacial score (nSPS) is 13.6. The number of hydrogen-bond donors (Lipinski definition) is 2. The Kier molecular flexibility index (Phi) is 4.45. The zero-order valence-corrected chi connectivity index (χ0v) is 10.3. The van der Waals surface area contributed by atoms with Gasteiger partial charge in [-0.2, -0.15) is 0 Å². The minimum absolute atomic E-state index is 0.0831. The van der Waals surface area contributed by atoms with Crippen molar-refractivity contribution in [3.8, 4) is 5.75 Å². The smallest absolute Gasteiger partial charge is 0.244 e. The summed E-state index contributed by atoms with van der Waals surface area (Å²) in [5.74, 6) is -0.0556.